The number of hydrogen-bond acceptors (Lipinski definition) is 2. The smallest absolute Gasteiger partial charge is 0.0664 e. The van der Waals surface area contributed by atoms with Gasteiger partial charge in [0.1, 0.15) is 0 Å². The Labute approximate surface area is 81.0 Å². The highest BCUT2D eigenvalue weighted by atomic mass is 32.3. The summed E-state index contributed by atoms with van der Waals surface area (Å²) in [5.41, 5.74) is 0. The Morgan fingerprint density at radius 2 is 2.00 bits per heavy atom. The van der Waals surface area contributed by atoms with Gasteiger partial charge in [-0.15, -0.1) is 0 Å². The van der Waals surface area contributed by atoms with Crippen molar-refractivity contribution in [1.29, 1.82) is 10.5 Å². The summed E-state index contributed by atoms with van der Waals surface area (Å²) in [4.78, 5) is 0. The molecule has 0 bridgehead atoms. The fourth-order valence-electron chi connectivity index (χ4n) is 1.09. The summed E-state index contributed by atoms with van der Waals surface area (Å²) in [5.74, 6) is 0.123. The van der Waals surface area contributed by atoms with E-state index in [1.165, 1.54) is 0 Å². The average molecular weight is 202 g/mol. The van der Waals surface area contributed by atoms with Crippen LogP contribution in [-0.4, -0.2) is 18.3 Å². The average Bonchev–Trinajstić information content (AvgIpc) is 2.01. The van der Waals surface area contributed by atoms with Crippen LogP contribution in [-0.2, 0) is 0 Å². The van der Waals surface area contributed by atoms with Gasteiger partial charge in [0, 0.05) is 12.2 Å². The fraction of sp³-hybridized carbons (Fsp3) is 0.778. The van der Waals surface area contributed by atoms with Crippen LogP contribution >= 0.6 is 10.4 Å². The minimum atomic E-state index is -2.08. The summed E-state index contributed by atoms with van der Waals surface area (Å²) in [7, 11) is -2.08. The van der Waals surface area contributed by atoms with Crippen molar-refractivity contribution in [2.45, 2.75) is 19.3 Å². The third-order valence-corrected chi connectivity index (χ3v) is 2.82. The molecule has 0 aromatic heterocycles. The van der Waals surface area contributed by atoms with E-state index in [9.17, 15) is 3.89 Å². The molecule has 0 heterocycles. The van der Waals surface area contributed by atoms with Gasteiger partial charge in [0.05, 0.1) is 18.1 Å². The molecule has 13 heavy (non-hydrogen) atoms. The van der Waals surface area contributed by atoms with Crippen molar-refractivity contribution < 1.29 is 3.89 Å². The normalized spacial score (nSPS) is 14.2. The van der Waals surface area contributed by atoms with Crippen LogP contribution in [0.1, 0.15) is 19.3 Å². The first kappa shape index (κ1) is 12.3. The van der Waals surface area contributed by atoms with Crippen molar-refractivity contribution in [3.8, 4) is 12.1 Å². The van der Waals surface area contributed by atoms with Gasteiger partial charge in [-0.25, -0.2) is 0 Å². The lowest BCUT2D eigenvalue weighted by Gasteiger charge is -2.22. The van der Waals surface area contributed by atoms with E-state index in [4.69, 9.17) is 10.5 Å². The Hall–Kier alpha value is -0.740. The zero-order valence-electron chi connectivity index (χ0n) is 8.09. The molecule has 0 aromatic carbocycles. The molecule has 0 aliphatic rings. The molecule has 2 nitrogen and oxygen atoms in total. The third kappa shape index (κ3) is 7.62. The summed E-state index contributed by atoms with van der Waals surface area (Å²) >= 11 is 0. The molecule has 0 aliphatic carbocycles. The van der Waals surface area contributed by atoms with Crippen LogP contribution in [0.4, 0.5) is 3.89 Å². The Kier molecular flexibility index (Phi) is 5.50. The van der Waals surface area contributed by atoms with Crippen LogP contribution in [0.3, 0.4) is 0 Å². The SMILES string of the molecule is CS(C)(F)CC(C#N)CCCC#N. The Bertz CT molecular complexity index is 221. The molecule has 4 heteroatoms. The molecule has 0 N–H and O–H groups in total. The van der Waals surface area contributed by atoms with Gasteiger partial charge < -0.3 is 0 Å². The van der Waals surface area contributed by atoms with E-state index in [0.717, 1.165) is 0 Å². The van der Waals surface area contributed by atoms with E-state index in [2.05, 4.69) is 6.07 Å². The number of nitriles is 2. The first-order valence-corrected chi connectivity index (χ1v) is 6.68. The topological polar surface area (TPSA) is 47.6 Å². The Morgan fingerprint density at radius 1 is 1.38 bits per heavy atom. The van der Waals surface area contributed by atoms with Crippen molar-refractivity contribution in [2.24, 2.45) is 5.92 Å². The van der Waals surface area contributed by atoms with E-state index in [0.29, 0.717) is 25.0 Å². The van der Waals surface area contributed by atoms with Crippen LogP contribution in [0.25, 0.3) is 0 Å². The summed E-state index contributed by atoms with van der Waals surface area (Å²) in [6, 6.07) is 4.10. The molecule has 0 saturated heterocycles. The van der Waals surface area contributed by atoms with Crippen molar-refractivity contribution >= 4 is 10.4 Å². The predicted octanol–water partition coefficient (Wildman–Crippen LogP) is 2.77. The van der Waals surface area contributed by atoms with Gasteiger partial charge in [-0.05, 0) is 25.4 Å². The quantitative estimate of drug-likeness (QED) is 0.643. The highest BCUT2D eigenvalue weighted by Crippen LogP contribution is 2.43. The number of hydrogen-bond donors (Lipinski definition) is 0. The van der Waals surface area contributed by atoms with Gasteiger partial charge in [-0.1, -0.05) is 10.4 Å². The van der Waals surface area contributed by atoms with Gasteiger partial charge in [0.2, 0.25) is 0 Å². The first-order valence-electron chi connectivity index (χ1n) is 4.17. The Morgan fingerprint density at radius 3 is 2.38 bits per heavy atom. The van der Waals surface area contributed by atoms with E-state index in [-0.39, 0.29) is 5.92 Å². The predicted molar refractivity (Wildman–Crippen MR) is 54.0 cm³/mol. The molecule has 0 spiro atoms. The minimum absolute atomic E-state index is 0.219. The van der Waals surface area contributed by atoms with Gasteiger partial charge >= 0.3 is 0 Å². The molecule has 0 rings (SSSR count). The monoisotopic (exact) mass is 202 g/mol. The lowest BCUT2D eigenvalue weighted by Crippen LogP contribution is -2.07. The van der Waals surface area contributed by atoms with Gasteiger partial charge in [-0.2, -0.15) is 14.4 Å². The van der Waals surface area contributed by atoms with Crippen LogP contribution < -0.4 is 0 Å². The maximum absolute atomic E-state index is 13.2. The van der Waals surface area contributed by atoms with Crippen molar-refractivity contribution in [3.63, 3.8) is 0 Å². The van der Waals surface area contributed by atoms with Gasteiger partial charge in [-0.3, -0.25) is 0 Å². The van der Waals surface area contributed by atoms with Gasteiger partial charge in [0.25, 0.3) is 0 Å². The maximum Gasteiger partial charge on any atom is 0.0664 e. The van der Waals surface area contributed by atoms with Gasteiger partial charge in [0.15, 0.2) is 0 Å². The van der Waals surface area contributed by atoms with Crippen LogP contribution in [0.2, 0.25) is 0 Å². The second-order valence-electron chi connectivity index (χ2n) is 3.45. The first-order chi connectivity index (χ1) is 5.99. The van der Waals surface area contributed by atoms with E-state index < -0.39 is 10.4 Å². The fourth-order valence-corrected chi connectivity index (χ4v) is 2.29. The van der Waals surface area contributed by atoms with E-state index in [1.807, 2.05) is 6.07 Å². The van der Waals surface area contributed by atoms with Crippen molar-refractivity contribution in [2.75, 3.05) is 18.3 Å². The molecule has 0 amide bonds. The minimum Gasteiger partial charge on any atom is -0.198 e. The molecule has 0 aliphatic heterocycles. The highest BCUT2D eigenvalue weighted by Gasteiger charge is 2.17. The third-order valence-electron chi connectivity index (χ3n) is 1.62. The number of rotatable bonds is 5. The van der Waals surface area contributed by atoms with Crippen molar-refractivity contribution in [1.82, 2.24) is 0 Å². The van der Waals surface area contributed by atoms with Crippen LogP contribution in [0.5, 0.6) is 0 Å². The second-order valence-corrected chi connectivity index (χ2v) is 6.59. The molecule has 0 fully saturated rings. The largest absolute Gasteiger partial charge is 0.198 e. The zero-order chi connectivity index (χ0) is 10.3. The lowest BCUT2D eigenvalue weighted by atomic mass is 10.1. The number of unbranched alkanes of at least 4 members (excludes halogenated alkanes) is 1. The summed E-state index contributed by atoms with van der Waals surface area (Å²) in [5, 5.41) is 17.0. The molecule has 74 valence electrons. The Balaban J connectivity index is 3.80. The molecular formula is C9H15FN2S. The molecule has 1 atom stereocenters. The van der Waals surface area contributed by atoms with E-state index in [1.54, 1.807) is 12.5 Å². The maximum atomic E-state index is 13.2. The number of nitrogens with zero attached hydrogens (tertiary/aromatic N) is 2. The molecule has 0 radical (unpaired) electrons. The van der Waals surface area contributed by atoms with Crippen LogP contribution in [0.15, 0.2) is 0 Å². The second kappa shape index (κ2) is 5.83. The molecular weight excluding hydrogens is 187 g/mol. The highest BCUT2D eigenvalue weighted by molar-refractivity contribution is 8.28. The lowest BCUT2D eigenvalue weighted by molar-refractivity contribution is 0.625. The molecule has 0 saturated carbocycles. The summed E-state index contributed by atoms with van der Waals surface area (Å²) < 4.78 is 13.2. The van der Waals surface area contributed by atoms with Crippen LogP contribution in [0, 0.1) is 28.6 Å². The molecule has 1 unspecified atom stereocenters. The van der Waals surface area contributed by atoms with Crippen molar-refractivity contribution in [3.05, 3.63) is 0 Å². The standard InChI is InChI=1S/C9H15FN2S/c1-13(2,10)8-9(7-12)5-3-4-6-11/h9H,3-5,8H2,1-2H3. The summed E-state index contributed by atoms with van der Waals surface area (Å²) in [6.07, 6.45) is 4.91. The number of halogens is 1. The molecule has 0 aromatic rings. The summed E-state index contributed by atoms with van der Waals surface area (Å²) in [6.45, 7) is 0. The zero-order valence-corrected chi connectivity index (χ0v) is 8.90. The van der Waals surface area contributed by atoms with E-state index >= 15 is 0 Å².